The molecule has 3 atom stereocenters. The van der Waals surface area contributed by atoms with E-state index >= 15 is 0 Å². The second kappa shape index (κ2) is 5.70. The fourth-order valence-electron chi connectivity index (χ4n) is 2.95. The van der Waals surface area contributed by atoms with Gasteiger partial charge in [-0.1, -0.05) is 30.3 Å². The molecule has 1 fully saturated rings. The zero-order chi connectivity index (χ0) is 16.6. The van der Waals surface area contributed by atoms with Crippen molar-refractivity contribution >= 4 is 15.8 Å². The average Bonchev–Trinajstić information content (AvgIpc) is 3.32. The number of hydrogen-bond donors (Lipinski definition) is 1. The van der Waals surface area contributed by atoms with Gasteiger partial charge in [-0.25, -0.2) is 8.42 Å². The summed E-state index contributed by atoms with van der Waals surface area (Å²) >= 11 is 0. The highest BCUT2D eigenvalue weighted by molar-refractivity contribution is 7.92. The van der Waals surface area contributed by atoms with E-state index in [9.17, 15) is 18.3 Å². The Morgan fingerprint density at radius 1 is 1.04 bits per heavy atom. The van der Waals surface area contributed by atoms with Crippen LogP contribution in [0.3, 0.4) is 0 Å². The molecular weight excluding hydrogens is 316 g/mol. The van der Waals surface area contributed by atoms with Crippen LogP contribution in [0.1, 0.15) is 11.5 Å². The van der Waals surface area contributed by atoms with E-state index in [0.29, 0.717) is 11.3 Å². The Balaban J connectivity index is 1.96. The molecule has 0 aliphatic heterocycles. The van der Waals surface area contributed by atoms with Crippen LogP contribution in [0.15, 0.2) is 59.5 Å². The van der Waals surface area contributed by atoms with E-state index in [2.05, 4.69) is 0 Å². The zero-order valence-corrected chi connectivity index (χ0v) is 13.2. The van der Waals surface area contributed by atoms with Gasteiger partial charge in [0.05, 0.1) is 23.2 Å². The topological polar surface area (TPSA) is 80.7 Å². The highest BCUT2D eigenvalue weighted by Crippen LogP contribution is 2.54. The fourth-order valence-corrected chi connectivity index (χ4v) is 5.10. The van der Waals surface area contributed by atoms with Crippen molar-refractivity contribution < 1.29 is 23.1 Å². The molecule has 5 nitrogen and oxygen atoms in total. The Morgan fingerprint density at radius 2 is 1.65 bits per heavy atom. The average molecular weight is 332 g/mol. The van der Waals surface area contributed by atoms with Crippen LogP contribution in [0.25, 0.3) is 0 Å². The van der Waals surface area contributed by atoms with Crippen LogP contribution in [0, 0.1) is 5.92 Å². The quantitative estimate of drug-likeness (QED) is 0.909. The Kier molecular flexibility index (Phi) is 3.85. The number of rotatable bonds is 5. The summed E-state index contributed by atoms with van der Waals surface area (Å²) in [4.78, 5) is 11.6. The molecule has 0 unspecified atom stereocenters. The molecule has 1 saturated carbocycles. The number of carboxylic acids is 1. The number of hydrogen-bond acceptors (Lipinski definition) is 4. The summed E-state index contributed by atoms with van der Waals surface area (Å²) < 4.78 is 30.5. The van der Waals surface area contributed by atoms with Crippen molar-refractivity contribution in [1.82, 2.24) is 0 Å². The highest BCUT2D eigenvalue weighted by Gasteiger charge is 2.63. The van der Waals surface area contributed by atoms with E-state index in [0.717, 1.165) is 0 Å². The van der Waals surface area contributed by atoms with E-state index in [-0.39, 0.29) is 4.90 Å². The van der Waals surface area contributed by atoms with Crippen LogP contribution in [0.2, 0.25) is 0 Å². The Bertz CT molecular complexity index is 812. The molecule has 1 aliphatic rings. The number of carboxylic acid groups (broad SMARTS) is 1. The van der Waals surface area contributed by atoms with Gasteiger partial charge in [-0.2, -0.15) is 0 Å². The van der Waals surface area contributed by atoms with Crippen LogP contribution < -0.4 is 4.74 Å². The summed E-state index contributed by atoms with van der Waals surface area (Å²) in [6, 6.07) is 14.8. The highest BCUT2D eigenvalue weighted by atomic mass is 32.2. The molecule has 3 rings (SSSR count). The zero-order valence-electron chi connectivity index (χ0n) is 12.4. The smallest absolute Gasteiger partial charge is 0.308 e. The lowest BCUT2D eigenvalue weighted by Crippen LogP contribution is -2.13. The minimum absolute atomic E-state index is 0.160. The maximum atomic E-state index is 12.7. The second-order valence-corrected chi connectivity index (χ2v) is 7.59. The molecule has 2 aromatic rings. The third-order valence-corrected chi connectivity index (χ3v) is 6.40. The number of methoxy groups -OCH3 is 1. The third-order valence-electron chi connectivity index (χ3n) is 4.17. The molecular formula is C17H16O5S. The lowest BCUT2D eigenvalue weighted by atomic mass is 10.1. The SMILES string of the molecule is COc1ccc([C@@H]2[C@@H](C(=O)O)[C@H]2S(=O)(=O)c2ccccc2)cc1. The summed E-state index contributed by atoms with van der Waals surface area (Å²) in [7, 11) is -2.15. The van der Waals surface area contributed by atoms with E-state index in [1.54, 1.807) is 42.5 Å². The molecule has 6 heteroatoms. The van der Waals surface area contributed by atoms with Crippen molar-refractivity contribution in [1.29, 1.82) is 0 Å². The molecule has 1 N–H and O–H groups in total. The van der Waals surface area contributed by atoms with Crippen molar-refractivity contribution in [2.24, 2.45) is 5.92 Å². The predicted molar refractivity (Wildman–Crippen MR) is 84.3 cm³/mol. The number of carbonyl (C=O) groups is 1. The van der Waals surface area contributed by atoms with Crippen molar-refractivity contribution in [3.63, 3.8) is 0 Å². The first kappa shape index (κ1) is 15.6. The third kappa shape index (κ3) is 2.70. The van der Waals surface area contributed by atoms with Gasteiger partial charge in [0.1, 0.15) is 5.75 Å². The van der Waals surface area contributed by atoms with E-state index < -0.39 is 32.9 Å². The van der Waals surface area contributed by atoms with E-state index in [1.165, 1.54) is 19.2 Å². The monoisotopic (exact) mass is 332 g/mol. The summed E-state index contributed by atoms with van der Waals surface area (Å²) in [5, 5.41) is 8.44. The normalized spacial score (nSPS) is 23.3. The van der Waals surface area contributed by atoms with Crippen molar-refractivity contribution in [3.05, 3.63) is 60.2 Å². The molecule has 120 valence electrons. The second-order valence-electron chi connectivity index (χ2n) is 5.49. The van der Waals surface area contributed by atoms with Gasteiger partial charge in [-0.05, 0) is 29.8 Å². The summed E-state index contributed by atoms with van der Waals surface area (Å²) in [5.41, 5.74) is 0.697. The number of ether oxygens (including phenoxy) is 1. The molecule has 0 heterocycles. The maximum Gasteiger partial charge on any atom is 0.308 e. The van der Waals surface area contributed by atoms with Gasteiger partial charge < -0.3 is 9.84 Å². The summed E-state index contributed by atoms with van der Waals surface area (Å²) in [6.07, 6.45) is 0. The van der Waals surface area contributed by atoms with Crippen LogP contribution in [-0.2, 0) is 14.6 Å². The molecule has 0 saturated heterocycles. The molecule has 0 aromatic heterocycles. The molecule has 0 spiro atoms. The summed E-state index contributed by atoms with van der Waals surface area (Å²) in [5.74, 6) is -1.91. The van der Waals surface area contributed by atoms with Gasteiger partial charge in [-0.15, -0.1) is 0 Å². The van der Waals surface area contributed by atoms with E-state index in [4.69, 9.17) is 4.74 Å². The molecule has 2 aromatic carbocycles. The first-order valence-electron chi connectivity index (χ1n) is 7.12. The Labute approximate surface area is 134 Å². The largest absolute Gasteiger partial charge is 0.497 e. The molecule has 0 radical (unpaired) electrons. The van der Waals surface area contributed by atoms with Gasteiger partial charge in [0.2, 0.25) is 0 Å². The standard InChI is InChI=1S/C17H16O5S/c1-22-12-9-7-11(8-10-12)14-15(17(18)19)16(14)23(20,21)13-5-3-2-4-6-13/h2-10,14-16H,1H3,(H,18,19)/t14-,15-,16+/m1/s1. The van der Waals surface area contributed by atoms with Gasteiger partial charge in [0.25, 0.3) is 0 Å². The predicted octanol–water partition coefficient (Wildman–Crippen LogP) is 2.34. The molecule has 0 bridgehead atoms. The summed E-state index contributed by atoms with van der Waals surface area (Å²) in [6.45, 7) is 0. The van der Waals surface area contributed by atoms with Gasteiger partial charge in [0, 0.05) is 5.92 Å². The maximum absolute atomic E-state index is 12.7. The van der Waals surface area contributed by atoms with E-state index in [1.807, 2.05) is 0 Å². The Hall–Kier alpha value is -2.34. The lowest BCUT2D eigenvalue weighted by Gasteiger charge is -2.04. The fraction of sp³-hybridized carbons (Fsp3) is 0.235. The van der Waals surface area contributed by atoms with Crippen LogP contribution >= 0.6 is 0 Å². The number of benzene rings is 2. The van der Waals surface area contributed by atoms with Gasteiger partial charge in [0.15, 0.2) is 9.84 Å². The molecule has 23 heavy (non-hydrogen) atoms. The van der Waals surface area contributed by atoms with Crippen molar-refractivity contribution in [3.8, 4) is 5.75 Å². The van der Waals surface area contributed by atoms with Crippen LogP contribution in [0.4, 0.5) is 0 Å². The minimum atomic E-state index is -3.69. The van der Waals surface area contributed by atoms with Gasteiger partial charge in [-0.3, -0.25) is 4.79 Å². The van der Waals surface area contributed by atoms with Crippen molar-refractivity contribution in [2.75, 3.05) is 7.11 Å². The lowest BCUT2D eigenvalue weighted by molar-refractivity contribution is -0.138. The first-order chi connectivity index (χ1) is 11.0. The molecule has 0 amide bonds. The van der Waals surface area contributed by atoms with Crippen molar-refractivity contribution in [2.45, 2.75) is 16.1 Å². The van der Waals surface area contributed by atoms with Crippen LogP contribution in [-0.4, -0.2) is 31.9 Å². The molecule has 1 aliphatic carbocycles. The minimum Gasteiger partial charge on any atom is -0.497 e. The Morgan fingerprint density at radius 3 is 2.17 bits per heavy atom. The first-order valence-corrected chi connectivity index (χ1v) is 8.67. The number of aliphatic carboxylic acids is 1. The number of sulfone groups is 1. The van der Waals surface area contributed by atoms with Gasteiger partial charge >= 0.3 is 5.97 Å². The van der Waals surface area contributed by atoms with Crippen LogP contribution in [0.5, 0.6) is 5.75 Å².